The van der Waals surface area contributed by atoms with Gasteiger partial charge in [-0.05, 0) is 24.3 Å². The van der Waals surface area contributed by atoms with Crippen LogP contribution in [0, 0.1) is 5.92 Å². The van der Waals surface area contributed by atoms with E-state index in [-0.39, 0.29) is 40.3 Å². The number of carbonyl (C=O) groups excluding carboxylic acids is 2. The van der Waals surface area contributed by atoms with Gasteiger partial charge in [0.2, 0.25) is 0 Å². The van der Waals surface area contributed by atoms with Crippen LogP contribution in [0.5, 0.6) is 17.4 Å². The summed E-state index contributed by atoms with van der Waals surface area (Å²) in [6.07, 6.45) is 4.92. The Morgan fingerprint density at radius 3 is 1.97 bits per heavy atom. The number of hydrogen-bond donors (Lipinski definition) is 1. The number of benzene rings is 5. The van der Waals surface area contributed by atoms with Gasteiger partial charge in [0.25, 0.3) is 0 Å². The van der Waals surface area contributed by atoms with Gasteiger partial charge in [0, 0.05) is 0 Å². The molecule has 0 bridgehead atoms. The molecule has 5 aromatic carbocycles. The average Bonchev–Trinajstić information content (AvgIpc) is 4.12. The third kappa shape index (κ3) is 10.7. The van der Waals surface area contributed by atoms with Crippen molar-refractivity contribution in [2.75, 3.05) is 37.7 Å². The Morgan fingerprint density at radius 1 is 0.822 bits per heavy atom. The van der Waals surface area contributed by atoms with Crippen LogP contribution >= 0.6 is 16.5 Å². The molecule has 4 heterocycles. The molecule has 10 rings (SSSR count). The number of imidazole rings is 1. The number of rotatable bonds is 16. The molecule has 1 spiro atoms. The average molecular weight is 1090 g/mol. The Hall–Kier alpha value is -5.87. The molecule has 1 aliphatic carbocycles. The molecule has 15 nitrogen and oxygen atoms in total. The molecule has 2 aliphatic heterocycles. The molecule has 2 saturated heterocycles. The van der Waals surface area contributed by atoms with Crippen LogP contribution in [0.25, 0.3) is 11.2 Å². The summed E-state index contributed by atoms with van der Waals surface area (Å²) in [4.78, 5) is 43.3. The number of nitrogens with one attached hydrogen (secondary N) is 1. The van der Waals surface area contributed by atoms with E-state index in [1.165, 1.54) is 11.3 Å². The number of nitrogens with zero attached hydrogens (tertiary/aromatic N) is 5. The summed E-state index contributed by atoms with van der Waals surface area (Å²) in [5.41, 5.74) is 3.08. The van der Waals surface area contributed by atoms with Gasteiger partial charge in [-0.15, -0.1) is 0 Å². The van der Waals surface area contributed by atoms with E-state index in [9.17, 15) is 9.59 Å². The summed E-state index contributed by atoms with van der Waals surface area (Å²) in [5, 5.41) is 0.219. The molecule has 2 aromatic heterocycles. The second-order valence-corrected chi connectivity index (χ2v) is 27.6. The maximum absolute atomic E-state index is 14.4. The Morgan fingerprint density at radius 2 is 1.40 bits per heavy atom. The van der Waals surface area contributed by atoms with Crippen molar-refractivity contribution in [1.29, 1.82) is 0 Å². The Bertz CT molecular complexity index is 2990. The van der Waals surface area contributed by atoms with Crippen LogP contribution in [0.4, 0.5) is 22.1 Å². The fourth-order valence-corrected chi connectivity index (χ4v) is 18.9. The van der Waals surface area contributed by atoms with E-state index < -0.39 is 41.2 Å². The van der Waals surface area contributed by atoms with Crippen molar-refractivity contribution in [3.8, 4) is 17.4 Å². The normalized spacial score (nSPS) is 20.5. The molecule has 1 saturated carbocycles. The molecule has 1 N–H and O–H groups in total. The molecule has 18 heteroatoms. The first kappa shape index (κ1) is 50.7. The zero-order valence-electron chi connectivity index (χ0n) is 41.0. The third-order valence-electron chi connectivity index (χ3n) is 13.5. The van der Waals surface area contributed by atoms with Gasteiger partial charge in [0.05, 0.1) is 25.6 Å². The van der Waals surface area contributed by atoms with E-state index in [1.54, 1.807) is 39.0 Å². The minimum atomic E-state index is -2.60. The fourth-order valence-electron chi connectivity index (χ4n) is 9.67. The van der Waals surface area contributed by atoms with E-state index in [2.05, 4.69) is 37.5 Å². The SMILES string of the molecule is COc1ccc(C(OC[C@H]2O[C@@H](n3cnc4c(OC(=O)N(c5ccccc5)c5ccccc5)nc(NC(=O)C(C)C)nc43)C[C@@H]2OP2(=[Se])OCC3(CCCCC3)S2)(c2ccccc2)c2ccc(OC)cc2)cc1. The van der Waals surface area contributed by atoms with E-state index in [0.29, 0.717) is 35.9 Å². The summed E-state index contributed by atoms with van der Waals surface area (Å²) in [5.74, 6) is 0.473. The number of aromatic nitrogens is 4. The fraction of sp³-hybridized carbons (Fsp3) is 0.327. The van der Waals surface area contributed by atoms with Crippen LogP contribution in [-0.2, 0) is 28.9 Å². The van der Waals surface area contributed by atoms with Crippen molar-refractivity contribution in [1.82, 2.24) is 19.5 Å². The molecular formula is C55H57N6O9PSSe. The maximum atomic E-state index is 14.4. The number of hydrogen-bond acceptors (Lipinski definition) is 13. The van der Waals surface area contributed by atoms with Gasteiger partial charge in [-0.2, -0.15) is 0 Å². The molecule has 7 aromatic rings. The van der Waals surface area contributed by atoms with Crippen LogP contribution in [0.2, 0.25) is 0 Å². The number of amides is 2. The molecule has 73 heavy (non-hydrogen) atoms. The second-order valence-electron chi connectivity index (χ2n) is 18.6. The quantitative estimate of drug-likeness (QED) is 0.0554. The molecule has 0 radical (unpaired) electrons. The second kappa shape index (κ2) is 21.9. The van der Waals surface area contributed by atoms with Gasteiger partial charge >= 0.3 is 339 Å². The monoisotopic (exact) mass is 1090 g/mol. The van der Waals surface area contributed by atoms with Crippen LogP contribution in [-0.4, -0.2) is 91.0 Å². The van der Waals surface area contributed by atoms with E-state index in [4.69, 9.17) is 42.7 Å². The standard InChI is InChI=1S/C55H57N6O9PSSe/c1-37(2)50(62)58-52-57-49-48(51(59-52)69-53(63)61(41-19-11-6-12-20-41)42-21-13-7-14-22-42)56-36-60(49)47-33-45(70-71(73)67-35-54(72-71)31-15-8-16-32-54)46(68-47)34-66-55(38-17-9-5-10-18-38,39-23-27-43(64-3)28-24-39)40-25-29-44(65-4)30-26-40/h5-7,9-14,17-30,36-37,45-47H,8,15-16,31-35H2,1-4H3,(H,57,58,59,62)/t45-,46+,47+,71?/m0/s1. The van der Waals surface area contributed by atoms with Crippen molar-refractivity contribution in [2.24, 2.45) is 5.92 Å². The van der Waals surface area contributed by atoms with Crippen LogP contribution < -0.4 is 24.4 Å². The number of fused-ring (bicyclic) bond motifs is 1. The number of methoxy groups -OCH3 is 2. The molecule has 3 fully saturated rings. The van der Waals surface area contributed by atoms with Gasteiger partial charge in [-0.3, -0.25) is 0 Å². The number of carbonyl (C=O) groups is 2. The van der Waals surface area contributed by atoms with Crippen molar-refractivity contribution >= 4 is 72.1 Å². The number of para-hydroxylation sites is 2. The molecular weight excluding hydrogens is 1030 g/mol. The predicted octanol–water partition coefficient (Wildman–Crippen LogP) is 11.8. The Balaban J connectivity index is 1.04. The zero-order valence-corrected chi connectivity index (χ0v) is 44.4. The summed E-state index contributed by atoms with van der Waals surface area (Å²) in [7, 11) is 3.29. The topological polar surface area (TPSA) is 158 Å². The number of anilines is 3. The van der Waals surface area contributed by atoms with Crippen molar-refractivity contribution in [3.63, 3.8) is 0 Å². The van der Waals surface area contributed by atoms with E-state index in [1.807, 2.05) is 139 Å². The number of ether oxygens (including phenoxy) is 5. The van der Waals surface area contributed by atoms with Gasteiger partial charge in [-0.1, -0.05) is 50.2 Å². The van der Waals surface area contributed by atoms with Crippen molar-refractivity contribution in [3.05, 3.63) is 163 Å². The third-order valence-corrected chi connectivity index (χ3v) is 20.6. The Labute approximate surface area is 436 Å². The minimum absolute atomic E-state index is 0.00788. The van der Waals surface area contributed by atoms with Crippen molar-refractivity contribution in [2.45, 2.75) is 81.2 Å². The Kier molecular flexibility index (Phi) is 15.2. The summed E-state index contributed by atoms with van der Waals surface area (Å²) in [6, 6.07) is 44.3. The van der Waals surface area contributed by atoms with Crippen LogP contribution in [0.3, 0.4) is 0 Å². The van der Waals surface area contributed by atoms with Gasteiger partial charge in [0.1, 0.15) is 0 Å². The first-order valence-electron chi connectivity index (χ1n) is 24.4. The summed E-state index contributed by atoms with van der Waals surface area (Å²) in [6.45, 7) is 4.22. The summed E-state index contributed by atoms with van der Waals surface area (Å²) >= 11 is 5.21. The van der Waals surface area contributed by atoms with Gasteiger partial charge in [0.15, 0.2) is 0 Å². The van der Waals surface area contributed by atoms with Crippen LogP contribution in [0.1, 0.15) is 75.3 Å². The molecule has 1 unspecified atom stereocenters. The van der Waals surface area contributed by atoms with E-state index in [0.717, 1.165) is 42.4 Å². The molecule has 2 amide bonds. The predicted molar refractivity (Wildman–Crippen MR) is 284 cm³/mol. The first-order valence-corrected chi connectivity index (χ1v) is 29.7. The van der Waals surface area contributed by atoms with Crippen molar-refractivity contribution < 1.29 is 42.3 Å². The van der Waals surface area contributed by atoms with Crippen LogP contribution in [0.15, 0.2) is 146 Å². The van der Waals surface area contributed by atoms with E-state index >= 15 is 0 Å². The van der Waals surface area contributed by atoms with Gasteiger partial charge in [-0.25, -0.2) is 0 Å². The molecule has 4 atom stereocenters. The zero-order chi connectivity index (χ0) is 50.6. The van der Waals surface area contributed by atoms with Gasteiger partial charge < -0.3 is 0 Å². The molecule has 378 valence electrons. The summed E-state index contributed by atoms with van der Waals surface area (Å²) < 4.78 is 47.7. The first-order chi connectivity index (χ1) is 35.5. The molecule has 3 aliphatic rings.